The predicted octanol–water partition coefficient (Wildman–Crippen LogP) is 2.20. The molecule has 2 aromatic rings. The van der Waals surface area contributed by atoms with E-state index in [1.165, 1.54) is 18.3 Å². The van der Waals surface area contributed by atoms with Gasteiger partial charge in [0, 0.05) is 25.1 Å². The maximum Gasteiger partial charge on any atom is 0.270 e. The van der Waals surface area contributed by atoms with Crippen LogP contribution in [0.5, 0.6) is 0 Å². The third-order valence-electron chi connectivity index (χ3n) is 2.57. The van der Waals surface area contributed by atoms with E-state index >= 15 is 0 Å². The number of benzene rings is 1. The van der Waals surface area contributed by atoms with Crippen LogP contribution < -0.4 is 4.73 Å². The smallest absolute Gasteiger partial charge is 0.270 e. The zero-order valence-electron chi connectivity index (χ0n) is 9.16. The summed E-state index contributed by atoms with van der Waals surface area (Å²) in [6.07, 6.45) is 1.40. The summed E-state index contributed by atoms with van der Waals surface area (Å²) >= 11 is 0. The summed E-state index contributed by atoms with van der Waals surface area (Å²) in [5, 5.41) is 22.1. The molecule has 17 heavy (non-hydrogen) atoms. The topological polar surface area (TPSA) is 70.1 Å². The van der Waals surface area contributed by atoms with Crippen LogP contribution in [0.25, 0.3) is 11.1 Å². The molecule has 0 radical (unpaired) electrons. The molecule has 0 unspecified atom stereocenters. The van der Waals surface area contributed by atoms with Crippen LogP contribution in [-0.4, -0.2) is 4.92 Å². The van der Waals surface area contributed by atoms with Crippen molar-refractivity contribution in [2.75, 3.05) is 0 Å². The number of non-ortho nitro benzene ring substituents is 1. The van der Waals surface area contributed by atoms with Gasteiger partial charge >= 0.3 is 0 Å². The number of rotatable bonds is 2. The molecule has 2 rings (SSSR count). The van der Waals surface area contributed by atoms with E-state index in [1.54, 1.807) is 31.2 Å². The lowest BCUT2D eigenvalue weighted by molar-refractivity contribution is -0.611. The summed E-state index contributed by atoms with van der Waals surface area (Å²) in [6.45, 7) is 1.68. The van der Waals surface area contributed by atoms with E-state index in [4.69, 9.17) is 0 Å². The van der Waals surface area contributed by atoms with Crippen LogP contribution >= 0.6 is 0 Å². The van der Waals surface area contributed by atoms with Crippen LogP contribution in [0.1, 0.15) is 5.69 Å². The van der Waals surface area contributed by atoms with Crippen molar-refractivity contribution in [1.82, 2.24) is 0 Å². The normalized spacial score (nSPS) is 10.2. The Balaban J connectivity index is 2.57. The molecule has 5 heteroatoms. The summed E-state index contributed by atoms with van der Waals surface area (Å²) in [6, 6.07) is 9.62. The van der Waals surface area contributed by atoms with E-state index in [9.17, 15) is 15.3 Å². The molecule has 0 saturated carbocycles. The standard InChI is InChI=1S/C12H10N2O3/c1-9-12(6-3-7-13(9)15)10-4-2-5-11(8-10)14(16)17/h2-8H,1H3. The van der Waals surface area contributed by atoms with E-state index in [0.29, 0.717) is 16.8 Å². The zero-order chi connectivity index (χ0) is 12.4. The van der Waals surface area contributed by atoms with Gasteiger partial charge in [-0.3, -0.25) is 10.1 Å². The molecular formula is C12H10N2O3. The van der Waals surface area contributed by atoms with Crippen molar-refractivity contribution in [3.63, 3.8) is 0 Å². The number of hydrogen-bond acceptors (Lipinski definition) is 3. The molecule has 0 aliphatic rings. The molecular weight excluding hydrogens is 220 g/mol. The van der Waals surface area contributed by atoms with Gasteiger partial charge in [-0.05, 0) is 11.6 Å². The lowest BCUT2D eigenvalue weighted by Gasteiger charge is -2.06. The Morgan fingerprint density at radius 3 is 2.71 bits per heavy atom. The van der Waals surface area contributed by atoms with Crippen LogP contribution in [0.3, 0.4) is 0 Å². The molecule has 1 aromatic heterocycles. The summed E-state index contributed by atoms with van der Waals surface area (Å²) in [7, 11) is 0. The molecule has 0 amide bonds. The fourth-order valence-electron chi connectivity index (χ4n) is 1.66. The predicted molar refractivity (Wildman–Crippen MR) is 62.2 cm³/mol. The SMILES string of the molecule is Cc1c(-c2cccc([N+](=O)[O-])c2)ccc[n+]1[O-]. The highest BCUT2D eigenvalue weighted by molar-refractivity contribution is 5.67. The van der Waals surface area contributed by atoms with Crippen molar-refractivity contribution in [1.29, 1.82) is 0 Å². The van der Waals surface area contributed by atoms with Crippen LogP contribution in [0.2, 0.25) is 0 Å². The van der Waals surface area contributed by atoms with E-state index in [1.807, 2.05) is 0 Å². The van der Waals surface area contributed by atoms with Crippen molar-refractivity contribution in [3.8, 4) is 11.1 Å². The number of nitro benzene ring substituents is 1. The highest BCUT2D eigenvalue weighted by Crippen LogP contribution is 2.24. The lowest BCUT2D eigenvalue weighted by atomic mass is 10.0. The first-order valence-electron chi connectivity index (χ1n) is 5.03. The largest absolute Gasteiger partial charge is 0.618 e. The fraction of sp³-hybridized carbons (Fsp3) is 0.0833. The monoisotopic (exact) mass is 230 g/mol. The number of nitro groups is 1. The Morgan fingerprint density at radius 2 is 2.00 bits per heavy atom. The van der Waals surface area contributed by atoms with Crippen molar-refractivity contribution in [3.05, 3.63) is 63.6 Å². The lowest BCUT2D eigenvalue weighted by Crippen LogP contribution is -2.29. The van der Waals surface area contributed by atoms with Gasteiger partial charge in [-0.1, -0.05) is 12.1 Å². The highest BCUT2D eigenvalue weighted by atomic mass is 16.6. The third kappa shape index (κ3) is 2.08. The van der Waals surface area contributed by atoms with Crippen molar-refractivity contribution in [2.24, 2.45) is 0 Å². The average molecular weight is 230 g/mol. The number of nitrogens with zero attached hydrogens (tertiary/aromatic N) is 2. The quantitative estimate of drug-likeness (QED) is 0.343. The maximum absolute atomic E-state index is 11.4. The molecule has 0 fully saturated rings. The average Bonchev–Trinajstić information content (AvgIpc) is 2.33. The zero-order valence-corrected chi connectivity index (χ0v) is 9.16. The van der Waals surface area contributed by atoms with E-state index in [-0.39, 0.29) is 5.69 Å². The van der Waals surface area contributed by atoms with Gasteiger partial charge < -0.3 is 5.21 Å². The minimum atomic E-state index is -0.451. The molecule has 0 aliphatic carbocycles. The molecule has 0 atom stereocenters. The minimum absolute atomic E-state index is 0.0169. The molecule has 0 bridgehead atoms. The van der Waals surface area contributed by atoms with Crippen LogP contribution in [0.4, 0.5) is 5.69 Å². The summed E-state index contributed by atoms with van der Waals surface area (Å²) in [4.78, 5) is 10.2. The van der Waals surface area contributed by atoms with Gasteiger partial charge in [-0.25, -0.2) is 0 Å². The van der Waals surface area contributed by atoms with Gasteiger partial charge in [0.25, 0.3) is 5.69 Å². The summed E-state index contributed by atoms with van der Waals surface area (Å²) < 4.78 is 0.744. The second-order valence-electron chi connectivity index (χ2n) is 3.64. The second-order valence-corrected chi connectivity index (χ2v) is 3.64. The molecule has 0 spiro atoms. The molecule has 1 aromatic carbocycles. The van der Waals surface area contributed by atoms with Gasteiger partial charge in [-0.15, -0.1) is 0 Å². The van der Waals surface area contributed by atoms with E-state index in [2.05, 4.69) is 0 Å². The summed E-state index contributed by atoms with van der Waals surface area (Å²) in [5.41, 5.74) is 1.91. The van der Waals surface area contributed by atoms with Gasteiger partial charge in [0.2, 0.25) is 0 Å². The third-order valence-corrected chi connectivity index (χ3v) is 2.57. The van der Waals surface area contributed by atoms with Crippen LogP contribution in [-0.2, 0) is 0 Å². The maximum atomic E-state index is 11.4. The number of pyridine rings is 1. The van der Waals surface area contributed by atoms with E-state index < -0.39 is 4.92 Å². The molecule has 0 saturated heterocycles. The molecule has 5 nitrogen and oxygen atoms in total. The van der Waals surface area contributed by atoms with Crippen LogP contribution in [0.15, 0.2) is 42.6 Å². The Kier molecular flexibility index (Phi) is 2.74. The minimum Gasteiger partial charge on any atom is -0.618 e. The van der Waals surface area contributed by atoms with Gasteiger partial charge in [-0.2, -0.15) is 4.73 Å². The first-order valence-corrected chi connectivity index (χ1v) is 5.03. The first-order chi connectivity index (χ1) is 8.09. The van der Waals surface area contributed by atoms with E-state index in [0.717, 1.165) is 4.73 Å². The van der Waals surface area contributed by atoms with Crippen molar-refractivity contribution in [2.45, 2.75) is 6.92 Å². The van der Waals surface area contributed by atoms with Crippen LogP contribution in [0, 0.1) is 22.2 Å². The molecule has 86 valence electrons. The summed E-state index contributed by atoms with van der Waals surface area (Å²) in [5.74, 6) is 0. The molecule has 0 N–H and O–H groups in total. The highest BCUT2D eigenvalue weighted by Gasteiger charge is 2.12. The van der Waals surface area contributed by atoms with Gasteiger partial charge in [0.15, 0.2) is 11.9 Å². The fourth-order valence-corrected chi connectivity index (χ4v) is 1.66. The number of aromatic nitrogens is 1. The Hall–Kier alpha value is -2.43. The van der Waals surface area contributed by atoms with Gasteiger partial charge in [0.05, 0.1) is 10.5 Å². The number of hydrogen-bond donors (Lipinski definition) is 0. The molecule has 0 aliphatic heterocycles. The Morgan fingerprint density at radius 1 is 1.24 bits per heavy atom. The first kappa shape index (κ1) is 11.1. The Labute approximate surface area is 97.7 Å². The van der Waals surface area contributed by atoms with Gasteiger partial charge in [0.1, 0.15) is 0 Å². The van der Waals surface area contributed by atoms with Crippen molar-refractivity contribution >= 4 is 5.69 Å². The second kappa shape index (κ2) is 4.21. The molecule has 1 heterocycles. The van der Waals surface area contributed by atoms with Crippen molar-refractivity contribution < 1.29 is 9.65 Å². The Bertz CT molecular complexity index is 582.